The highest BCUT2D eigenvalue weighted by Crippen LogP contribution is 2.28. The minimum absolute atomic E-state index is 0.0439. The molecule has 0 bridgehead atoms. The Bertz CT molecular complexity index is 900. The van der Waals surface area contributed by atoms with Gasteiger partial charge in [0.05, 0.1) is 10.9 Å². The number of sulfonamides is 1. The van der Waals surface area contributed by atoms with E-state index in [2.05, 4.69) is 4.98 Å². The van der Waals surface area contributed by atoms with Crippen LogP contribution in [0.5, 0.6) is 0 Å². The number of benzene rings is 2. The van der Waals surface area contributed by atoms with Crippen LogP contribution in [0.15, 0.2) is 57.8 Å². The molecule has 0 aliphatic carbocycles. The predicted octanol–water partition coefficient (Wildman–Crippen LogP) is 2.67. The van der Waals surface area contributed by atoms with E-state index in [1.807, 2.05) is 43.1 Å². The number of rotatable bonds is 4. The van der Waals surface area contributed by atoms with Gasteiger partial charge in [0.15, 0.2) is 5.58 Å². The molecule has 2 aromatic carbocycles. The molecule has 0 fully saturated rings. The summed E-state index contributed by atoms with van der Waals surface area (Å²) in [7, 11) is -1.80. The largest absolute Gasteiger partial charge is 0.423 e. The van der Waals surface area contributed by atoms with Crippen LogP contribution >= 0.6 is 0 Å². The predicted molar refractivity (Wildman–Crippen MR) is 88.6 cm³/mol. The number of anilines is 1. The van der Waals surface area contributed by atoms with Crippen molar-refractivity contribution >= 4 is 27.1 Å². The second-order valence-electron chi connectivity index (χ2n) is 5.37. The van der Waals surface area contributed by atoms with Gasteiger partial charge in [-0.05, 0) is 36.8 Å². The summed E-state index contributed by atoms with van der Waals surface area (Å²) in [5, 5.41) is 5.11. The van der Waals surface area contributed by atoms with Gasteiger partial charge in [0.2, 0.25) is 10.0 Å². The minimum atomic E-state index is -3.68. The van der Waals surface area contributed by atoms with Crippen LogP contribution in [-0.2, 0) is 10.0 Å². The normalized spacial score (nSPS) is 13.2. The lowest BCUT2D eigenvalue weighted by molar-refractivity contribution is 0.557. The number of hydrogen-bond acceptors (Lipinski definition) is 5. The topological polar surface area (TPSA) is 89.4 Å². The summed E-state index contributed by atoms with van der Waals surface area (Å²) in [6, 6.07) is 14.5. The van der Waals surface area contributed by atoms with Crippen molar-refractivity contribution in [1.29, 1.82) is 0 Å². The monoisotopic (exact) mass is 331 g/mol. The molecule has 0 amide bonds. The van der Waals surface area contributed by atoms with Crippen molar-refractivity contribution in [3.05, 3.63) is 54.1 Å². The van der Waals surface area contributed by atoms with Gasteiger partial charge in [0.25, 0.3) is 6.01 Å². The summed E-state index contributed by atoms with van der Waals surface area (Å²) < 4.78 is 28.4. The second-order valence-corrected chi connectivity index (χ2v) is 6.93. The zero-order valence-electron chi connectivity index (χ0n) is 12.8. The molecule has 120 valence electrons. The number of aromatic nitrogens is 1. The van der Waals surface area contributed by atoms with Crippen LogP contribution < -0.4 is 10.0 Å². The fraction of sp³-hybridized carbons (Fsp3) is 0.188. The maximum absolute atomic E-state index is 11.3. The Kier molecular flexibility index (Phi) is 3.83. The summed E-state index contributed by atoms with van der Waals surface area (Å²) in [6.45, 7) is 1.99. The Morgan fingerprint density at radius 3 is 2.39 bits per heavy atom. The molecule has 3 aromatic rings. The van der Waals surface area contributed by atoms with E-state index in [-0.39, 0.29) is 10.9 Å². The van der Waals surface area contributed by atoms with Gasteiger partial charge in [-0.25, -0.2) is 13.6 Å². The summed E-state index contributed by atoms with van der Waals surface area (Å²) in [5.74, 6) is 0. The van der Waals surface area contributed by atoms with Gasteiger partial charge in [0, 0.05) is 7.05 Å². The van der Waals surface area contributed by atoms with Crippen molar-refractivity contribution in [2.75, 3.05) is 11.9 Å². The SMILES string of the molecule is CC(c1ccc(S(N)(=O)=O)cc1)N(C)c1nc2ccccc2o1. The first kappa shape index (κ1) is 15.5. The van der Waals surface area contributed by atoms with E-state index < -0.39 is 10.0 Å². The van der Waals surface area contributed by atoms with Gasteiger partial charge in [-0.2, -0.15) is 4.98 Å². The summed E-state index contributed by atoms with van der Waals surface area (Å²) in [4.78, 5) is 6.45. The molecule has 1 heterocycles. The van der Waals surface area contributed by atoms with Crippen LogP contribution in [0.4, 0.5) is 6.01 Å². The number of oxazole rings is 1. The molecule has 0 saturated heterocycles. The molecule has 2 N–H and O–H groups in total. The molecule has 23 heavy (non-hydrogen) atoms. The van der Waals surface area contributed by atoms with Crippen molar-refractivity contribution < 1.29 is 12.8 Å². The Balaban J connectivity index is 1.88. The maximum atomic E-state index is 11.3. The molecule has 0 spiro atoms. The molecule has 6 nitrogen and oxygen atoms in total. The number of primary sulfonamides is 1. The minimum Gasteiger partial charge on any atom is -0.423 e. The van der Waals surface area contributed by atoms with E-state index in [0.29, 0.717) is 6.01 Å². The molecule has 0 aliphatic heterocycles. The van der Waals surface area contributed by atoms with Crippen LogP contribution in [0, 0.1) is 0 Å². The van der Waals surface area contributed by atoms with Gasteiger partial charge < -0.3 is 9.32 Å². The fourth-order valence-corrected chi connectivity index (χ4v) is 2.85. The van der Waals surface area contributed by atoms with E-state index in [9.17, 15) is 8.42 Å². The van der Waals surface area contributed by atoms with Gasteiger partial charge >= 0.3 is 0 Å². The maximum Gasteiger partial charge on any atom is 0.298 e. The first-order valence-electron chi connectivity index (χ1n) is 7.07. The van der Waals surface area contributed by atoms with Gasteiger partial charge in [0.1, 0.15) is 5.52 Å². The zero-order chi connectivity index (χ0) is 16.6. The molecular weight excluding hydrogens is 314 g/mol. The van der Waals surface area contributed by atoms with E-state index in [1.54, 1.807) is 12.1 Å². The summed E-state index contributed by atoms with van der Waals surface area (Å²) in [5.41, 5.74) is 2.46. The Labute approximate surface area is 134 Å². The van der Waals surface area contributed by atoms with Crippen molar-refractivity contribution in [1.82, 2.24) is 4.98 Å². The van der Waals surface area contributed by atoms with Crippen LogP contribution in [0.25, 0.3) is 11.1 Å². The molecule has 1 atom stereocenters. The molecule has 0 saturated carbocycles. The Morgan fingerprint density at radius 2 is 1.78 bits per heavy atom. The van der Waals surface area contributed by atoms with Crippen LogP contribution in [-0.4, -0.2) is 20.4 Å². The molecule has 1 unspecified atom stereocenters. The van der Waals surface area contributed by atoms with Gasteiger partial charge in [-0.3, -0.25) is 0 Å². The lowest BCUT2D eigenvalue weighted by Gasteiger charge is -2.23. The smallest absolute Gasteiger partial charge is 0.298 e. The first-order valence-corrected chi connectivity index (χ1v) is 8.62. The van der Waals surface area contributed by atoms with E-state index >= 15 is 0 Å². The third-order valence-electron chi connectivity index (χ3n) is 3.86. The molecule has 3 rings (SSSR count). The van der Waals surface area contributed by atoms with Crippen molar-refractivity contribution in [3.63, 3.8) is 0 Å². The fourth-order valence-electron chi connectivity index (χ4n) is 2.34. The average molecular weight is 331 g/mol. The lowest BCUT2D eigenvalue weighted by atomic mass is 10.1. The summed E-state index contributed by atoms with van der Waals surface area (Å²) >= 11 is 0. The van der Waals surface area contributed by atoms with E-state index in [4.69, 9.17) is 9.56 Å². The highest BCUT2D eigenvalue weighted by Gasteiger charge is 2.18. The van der Waals surface area contributed by atoms with Crippen molar-refractivity contribution in [2.24, 2.45) is 5.14 Å². The van der Waals surface area contributed by atoms with Crippen molar-refractivity contribution in [2.45, 2.75) is 17.9 Å². The lowest BCUT2D eigenvalue weighted by Crippen LogP contribution is -2.22. The number of hydrogen-bond donors (Lipinski definition) is 1. The summed E-state index contributed by atoms with van der Waals surface area (Å²) in [6.07, 6.45) is 0. The molecule has 0 aliphatic rings. The number of nitrogens with two attached hydrogens (primary N) is 1. The van der Waals surface area contributed by atoms with Crippen LogP contribution in [0.1, 0.15) is 18.5 Å². The number of fused-ring (bicyclic) bond motifs is 1. The van der Waals surface area contributed by atoms with Crippen LogP contribution in [0.2, 0.25) is 0 Å². The zero-order valence-corrected chi connectivity index (χ0v) is 13.6. The third kappa shape index (κ3) is 3.06. The second kappa shape index (κ2) is 5.68. The molecule has 0 radical (unpaired) electrons. The van der Waals surface area contributed by atoms with Crippen LogP contribution in [0.3, 0.4) is 0 Å². The third-order valence-corrected chi connectivity index (χ3v) is 4.79. The van der Waals surface area contributed by atoms with Crippen molar-refractivity contribution in [3.8, 4) is 0 Å². The highest BCUT2D eigenvalue weighted by atomic mass is 32.2. The highest BCUT2D eigenvalue weighted by molar-refractivity contribution is 7.89. The van der Waals surface area contributed by atoms with E-state index in [1.165, 1.54) is 12.1 Å². The standard InChI is InChI=1S/C16H17N3O3S/c1-11(12-7-9-13(10-8-12)23(17,20)21)19(2)16-18-14-5-3-4-6-15(14)22-16/h3-11H,1-2H3,(H2,17,20,21). The number of para-hydroxylation sites is 2. The molecule has 7 heteroatoms. The average Bonchev–Trinajstić information content (AvgIpc) is 2.96. The Morgan fingerprint density at radius 1 is 1.13 bits per heavy atom. The van der Waals surface area contributed by atoms with E-state index in [0.717, 1.165) is 16.7 Å². The van der Waals surface area contributed by atoms with Gasteiger partial charge in [-0.1, -0.05) is 24.3 Å². The first-order chi connectivity index (χ1) is 10.9. The van der Waals surface area contributed by atoms with Gasteiger partial charge in [-0.15, -0.1) is 0 Å². The molecule has 1 aromatic heterocycles. The quantitative estimate of drug-likeness (QED) is 0.794. The Hall–Kier alpha value is -2.38. The number of nitrogens with zero attached hydrogens (tertiary/aromatic N) is 2. The molecular formula is C16H17N3O3S.